The van der Waals surface area contributed by atoms with E-state index in [1.807, 2.05) is 61.5 Å². The van der Waals surface area contributed by atoms with Crippen LogP contribution in [0.25, 0.3) is 11.3 Å². The first-order valence-electron chi connectivity index (χ1n) is 6.75. The number of hydrogen-bond acceptors (Lipinski definition) is 5. The third-order valence-electron chi connectivity index (χ3n) is 3.19. The van der Waals surface area contributed by atoms with Gasteiger partial charge in [0.25, 0.3) is 0 Å². The second-order valence-electron chi connectivity index (χ2n) is 5.02. The van der Waals surface area contributed by atoms with Crippen LogP contribution in [0.15, 0.2) is 65.8 Å². The summed E-state index contributed by atoms with van der Waals surface area (Å²) in [7, 11) is 0. The van der Waals surface area contributed by atoms with Crippen molar-refractivity contribution in [2.75, 3.05) is 5.32 Å². The van der Waals surface area contributed by atoms with Crippen LogP contribution in [-0.4, -0.2) is 16.6 Å². The fraction of sp³-hybridized carbons (Fsp3) is 0.125. The summed E-state index contributed by atoms with van der Waals surface area (Å²) in [4.78, 5) is 8.99. The molecule has 1 unspecified atom stereocenters. The number of nitrogens with two attached hydrogens (primary N) is 1. The largest absolute Gasteiger partial charge is 0.370 e. The summed E-state index contributed by atoms with van der Waals surface area (Å²) in [5.74, 6) is 1.13. The molecule has 5 nitrogen and oxygen atoms in total. The Morgan fingerprint density at radius 3 is 2.67 bits per heavy atom. The molecule has 0 aliphatic carbocycles. The molecule has 0 amide bonds. The zero-order valence-electron chi connectivity index (χ0n) is 11.7. The van der Waals surface area contributed by atoms with Gasteiger partial charge in [0.2, 0.25) is 0 Å². The number of pyridine rings is 1. The summed E-state index contributed by atoms with van der Waals surface area (Å²) in [6.07, 6.45) is 3.68. The molecule has 5 heteroatoms. The minimum atomic E-state index is -0.600. The van der Waals surface area contributed by atoms with E-state index in [1.165, 1.54) is 0 Å². The normalized spacial score (nSPS) is 20.5. The van der Waals surface area contributed by atoms with Gasteiger partial charge >= 0.3 is 0 Å². The molecule has 0 saturated heterocycles. The monoisotopic (exact) mass is 279 g/mol. The van der Waals surface area contributed by atoms with Crippen LogP contribution >= 0.6 is 0 Å². The molecule has 2 aromatic rings. The van der Waals surface area contributed by atoms with Gasteiger partial charge in [0, 0.05) is 11.8 Å². The summed E-state index contributed by atoms with van der Waals surface area (Å²) < 4.78 is 0. The predicted molar refractivity (Wildman–Crippen MR) is 85.6 cm³/mol. The zero-order valence-corrected chi connectivity index (χ0v) is 11.7. The second kappa shape index (κ2) is 5.28. The standard InChI is InChI=1S/C16H17N5/c1-16(10-11-18-15(17)21-16)20-14-9-5-8-13(19-14)12-6-3-2-4-7-12/h2-11H,1H3,(H,19,20)(H3,17,18,21). The van der Waals surface area contributed by atoms with E-state index < -0.39 is 5.66 Å². The van der Waals surface area contributed by atoms with Gasteiger partial charge in [-0.2, -0.15) is 0 Å². The lowest BCUT2D eigenvalue weighted by atomic mass is 10.1. The van der Waals surface area contributed by atoms with E-state index in [4.69, 9.17) is 5.73 Å². The molecular formula is C16H17N5. The summed E-state index contributed by atoms with van der Waals surface area (Å²) in [6, 6.07) is 15.9. The number of rotatable bonds is 3. The predicted octanol–water partition coefficient (Wildman–Crippen LogP) is 2.31. The van der Waals surface area contributed by atoms with Crippen LogP contribution in [0.4, 0.5) is 5.82 Å². The van der Waals surface area contributed by atoms with Crippen LogP contribution in [-0.2, 0) is 0 Å². The number of guanidine groups is 1. The van der Waals surface area contributed by atoms with Gasteiger partial charge in [0.15, 0.2) is 11.6 Å². The zero-order chi connectivity index (χ0) is 14.7. The Labute approximate surface area is 123 Å². The minimum Gasteiger partial charge on any atom is -0.370 e. The van der Waals surface area contributed by atoms with Crippen LogP contribution in [0.2, 0.25) is 0 Å². The van der Waals surface area contributed by atoms with Crippen LogP contribution in [0.3, 0.4) is 0 Å². The van der Waals surface area contributed by atoms with E-state index in [0.717, 1.165) is 17.1 Å². The first kappa shape index (κ1) is 13.2. The number of anilines is 1. The summed E-state index contributed by atoms with van der Waals surface area (Å²) in [5, 5.41) is 6.14. The molecule has 0 spiro atoms. The number of hydrogen-bond donors (Lipinski definition) is 3. The molecule has 1 atom stereocenters. The smallest absolute Gasteiger partial charge is 0.195 e. The molecule has 0 radical (unpaired) electrons. The molecule has 1 aliphatic rings. The van der Waals surface area contributed by atoms with Gasteiger partial charge in [0.05, 0.1) is 5.69 Å². The highest BCUT2D eigenvalue weighted by Crippen LogP contribution is 2.22. The van der Waals surface area contributed by atoms with Crippen molar-refractivity contribution >= 4 is 11.8 Å². The van der Waals surface area contributed by atoms with Crippen molar-refractivity contribution in [1.82, 2.24) is 10.3 Å². The third kappa shape index (κ3) is 3.02. The highest BCUT2D eigenvalue weighted by atomic mass is 15.2. The van der Waals surface area contributed by atoms with E-state index in [0.29, 0.717) is 5.96 Å². The van der Waals surface area contributed by atoms with E-state index in [1.54, 1.807) is 6.20 Å². The maximum Gasteiger partial charge on any atom is 0.195 e. The topological polar surface area (TPSA) is 75.3 Å². The molecule has 3 rings (SSSR count). The summed E-state index contributed by atoms with van der Waals surface area (Å²) in [5.41, 5.74) is 7.11. The molecule has 1 aromatic carbocycles. The Kier molecular flexibility index (Phi) is 3.31. The maximum atomic E-state index is 5.71. The SMILES string of the molecule is CC1(Nc2cccc(-c3ccccc3)n2)C=CNC(N)=N1. The lowest BCUT2D eigenvalue weighted by molar-refractivity contribution is 0.653. The Balaban J connectivity index is 1.87. The van der Waals surface area contributed by atoms with Gasteiger partial charge in [-0.15, -0.1) is 0 Å². The number of nitrogens with one attached hydrogen (secondary N) is 2. The van der Waals surface area contributed by atoms with Crippen molar-refractivity contribution in [2.24, 2.45) is 10.7 Å². The molecule has 1 aliphatic heterocycles. The van der Waals surface area contributed by atoms with Gasteiger partial charge in [-0.05, 0) is 25.1 Å². The van der Waals surface area contributed by atoms with Gasteiger partial charge in [-0.3, -0.25) is 0 Å². The van der Waals surface area contributed by atoms with Crippen molar-refractivity contribution in [1.29, 1.82) is 0 Å². The number of benzene rings is 1. The van der Waals surface area contributed by atoms with Crippen molar-refractivity contribution in [3.8, 4) is 11.3 Å². The Bertz CT molecular complexity index is 693. The molecule has 4 N–H and O–H groups in total. The Morgan fingerprint density at radius 2 is 1.90 bits per heavy atom. The lowest BCUT2D eigenvalue weighted by Crippen LogP contribution is -2.41. The molecular weight excluding hydrogens is 262 g/mol. The number of aliphatic imine (C=N–C) groups is 1. The van der Waals surface area contributed by atoms with Gasteiger partial charge < -0.3 is 16.4 Å². The van der Waals surface area contributed by atoms with E-state index in [9.17, 15) is 0 Å². The van der Waals surface area contributed by atoms with Crippen molar-refractivity contribution in [3.05, 3.63) is 60.8 Å². The fourth-order valence-electron chi connectivity index (χ4n) is 2.21. The maximum absolute atomic E-state index is 5.71. The van der Waals surface area contributed by atoms with Crippen molar-refractivity contribution in [2.45, 2.75) is 12.6 Å². The minimum absolute atomic E-state index is 0.381. The number of nitrogens with zero attached hydrogens (tertiary/aromatic N) is 2. The molecule has 0 fully saturated rings. The van der Waals surface area contributed by atoms with Crippen molar-refractivity contribution < 1.29 is 0 Å². The third-order valence-corrected chi connectivity index (χ3v) is 3.19. The van der Waals surface area contributed by atoms with Crippen LogP contribution < -0.4 is 16.4 Å². The first-order valence-corrected chi connectivity index (χ1v) is 6.75. The average molecular weight is 279 g/mol. The van der Waals surface area contributed by atoms with Gasteiger partial charge in [-0.25, -0.2) is 9.98 Å². The molecule has 2 heterocycles. The number of aromatic nitrogens is 1. The molecule has 0 saturated carbocycles. The van der Waals surface area contributed by atoms with Gasteiger partial charge in [-0.1, -0.05) is 36.4 Å². The molecule has 106 valence electrons. The van der Waals surface area contributed by atoms with Crippen LogP contribution in [0.5, 0.6) is 0 Å². The Morgan fingerprint density at radius 1 is 1.10 bits per heavy atom. The van der Waals surface area contributed by atoms with Crippen molar-refractivity contribution in [3.63, 3.8) is 0 Å². The first-order chi connectivity index (χ1) is 10.1. The van der Waals surface area contributed by atoms with E-state index >= 15 is 0 Å². The highest BCUT2D eigenvalue weighted by Gasteiger charge is 2.22. The quantitative estimate of drug-likeness (QED) is 0.806. The van der Waals surface area contributed by atoms with Gasteiger partial charge in [0.1, 0.15) is 5.82 Å². The lowest BCUT2D eigenvalue weighted by Gasteiger charge is -2.27. The molecule has 1 aromatic heterocycles. The Hall–Kier alpha value is -2.82. The van der Waals surface area contributed by atoms with Crippen LogP contribution in [0, 0.1) is 0 Å². The molecule has 21 heavy (non-hydrogen) atoms. The average Bonchev–Trinajstić information content (AvgIpc) is 2.48. The molecule has 0 bridgehead atoms. The second-order valence-corrected chi connectivity index (χ2v) is 5.02. The van der Waals surface area contributed by atoms with Crippen LogP contribution in [0.1, 0.15) is 6.92 Å². The van der Waals surface area contributed by atoms with E-state index in [-0.39, 0.29) is 0 Å². The van der Waals surface area contributed by atoms with E-state index in [2.05, 4.69) is 20.6 Å². The summed E-state index contributed by atoms with van der Waals surface area (Å²) in [6.45, 7) is 1.94. The fourth-order valence-corrected chi connectivity index (χ4v) is 2.21. The highest BCUT2D eigenvalue weighted by molar-refractivity contribution is 5.80. The summed E-state index contributed by atoms with van der Waals surface area (Å²) >= 11 is 0.